The topological polar surface area (TPSA) is 129 Å². The molecule has 1 aliphatic carbocycles. The normalized spacial score (nSPS) is 28.0. The Balaban J connectivity index is 3.41. The maximum atomic E-state index is 10.9. The highest BCUT2D eigenvalue weighted by Gasteiger charge is 2.57. The van der Waals surface area contributed by atoms with Crippen LogP contribution in [-0.4, -0.2) is 20.3 Å². The second-order valence-corrected chi connectivity index (χ2v) is 3.83. The van der Waals surface area contributed by atoms with Crippen LogP contribution in [0, 0.1) is 36.3 Å². The van der Waals surface area contributed by atoms with E-state index in [-0.39, 0.29) is 0 Å². The lowest BCUT2D eigenvalue weighted by molar-refractivity contribution is -0.600. The fourth-order valence-corrected chi connectivity index (χ4v) is 1.60. The first-order chi connectivity index (χ1) is 7.71. The van der Waals surface area contributed by atoms with Crippen molar-refractivity contribution in [2.24, 2.45) is 5.92 Å². The Bertz CT molecular complexity index is 468. The number of nitro groups is 3. The molecule has 0 bridgehead atoms. The van der Waals surface area contributed by atoms with Gasteiger partial charge in [-0.15, -0.1) is 0 Å². The maximum absolute atomic E-state index is 10.9. The summed E-state index contributed by atoms with van der Waals surface area (Å²) in [7, 11) is 0. The predicted molar refractivity (Wildman–Crippen MR) is 54.7 cm³/mol. The first-order valence-electron chi connectivity index (χ1n) is 4.58. The average molecular weight is 243 g/mol. The van der Waals surface area contributed by atoms with Crippen LogP contribution in [0.3, 0.4) is 0 Å². The van der Waals surface area contributed by atoms with Gasteiger partial charge in [0.1, 0.15) is 0 Å². The van der Waals surface area contributed by atoms with Gasteiger partial charge >= 0.3 is 11.2 Å². The molecule has 92 valence electrons. The fourth-order valence-electron chi connectivity index (χ4n) is 1.60. The van der Waals surface area contributed by atoms with Crippen molar-refractivity contribution < 1.29 is 14.8 Å². The molecule has 0 saturated carbocycles. The number of allylic oxidation sites excluding steroid dienone is 1. The van der Waals surface area contributed by atoms with E-state index in [0.29, 0.717) is 6.08 Å². The van der Waals surface area contributed by atoms with Gasteiger partial charge in [0.2, 0.25) is 0 Å². The number of hydrogen-bond donors (Lipinski definition) is 0. The van der Waals surface area contributed by atoms with E-state index in [2.05, 4.69) is 0 Å². The molecule has 9 nitrogen and oxygen atoms in total. The summed E-state index contributed by atoms with van der Waals surface area (Å²) in [5, 5.41) is 32.3. The molecule has 0 aromatic heterocycles. The second-order valence-electron chi connectivity index (χ2n) is 3.83. The van der Waals surface area contributed by atoms with E-state index < -0.39 is 37.6 Å². The molecule has 1 aliphatic rings. The summed E-state index contributed by atoms with van der Waals surface area (Å²) in [4.78, 5) is 29.7. The standard InChI is InChI=1S/C8H9N3O6/c1-5-3-6(9(12)13)4-7(10(14)15)8(5,2)11(16)17/h3-5H,1-2H3. The van der Waals surface area contributed by atoms with Gasteiger partial charge in [0.25, 0.3) is 5.70 Å². The number of nitrogens with zero attached hydrogens (tertiary/aromatic N) is 3. The van der Waals surface area contributed by atoms with E-state index in [1.165, 1.54) is 6.92 Å². The monoisotopic (exact) mass is 243 g/mol. The molecule has 0 N–H and O–H groups in total. The van der Waals surface area contributed by atoms with E-state index in [1.807, 2.05) is 0 Å². The summed E-state index contributed by atoms with van der Waals surface area (Å²) in [6.45, 7) is 2.42. The SMILES string of the molecule is CC1C=C([N+](=O)[O-])C=C([N+](=O)[O-])C1(C)[N+](=O)[O-]. The highest BCUT2D eigenvalue weighted by atomic mass is 16.6. The highest BCUT2D eigenvalue weighted by Crippen LogP contribution is 2.35. The largest absolute Gasteiger partial charge is 0.329 e. The molecule has 2 atom stereocenters. The Kier molecular flexibility index (Phi) is 2.94. The van der Waals surface area contributed by atoms with Crippen molar-refractivity contribution >= 4 is 0 Å². The zero-order chi connectivity index (χ0) is 13.4. The third kappa shape index (κ3) is 1.86. The molecular formula is C8H9N3O6. The summed E-state index contributed by atoms with van der Waals surface area (Å²) >= 11 is 0. The zero-order valence-corrected chi connectivity index (χ0v) is 9.02. The molecule has 1 rings (SSSR count). The Labute approximate surface area is 94.9 Å². The first kappa shape index (κ1) is 12.7. The van der Waals surface area contributed by atoms with Crippen LogP contribution >= 0.6 is 0 Å². The molecule has 0 spiro atoms. The smallest absolute Gasteiger partial charge is 0.263 e. The Hall–Kier alpha value is -2.32. The minimum Gasteiger partial charge on any atom is -0.263 e. The molecule has 0 aliphatic heterocycles. The molecule has 0 saturated heterocycles. The molecule has 17 heavy (non-hydrogen) atoms. The lowest BCUT2D eigenvalue weighted by Gasteiger charge is -2.24. The van der Waals surface area contributed by atoms with Crippen molar-refractivity contribution in [2.45, 2.75) is 19.4 Å². The van der Waals surface area contributed by atoms with E-state index in [4.69, 9.17) is 0 Å². The number of hydrogen-bond acceptors (Lipinski definition) is 6. The summed E-state index contributed by atoms with van der Waals surface area (Å²) in [6.07, 6.45) is 1.69. The molecule has 0 radical (unpaired) electrons. The zero-order valence-electron chi connectivity index (χ0n) is 9.02. The van der Waals surface area contributed by atoms with Gasteiger partial charge in [-0.25, -0.2) is 0 Å². The van der Waals surface area contributed by atoms with E-state index in [1.54, 1.807) is 0 Å². The summed E-state index contributed by atoms with van der Waals surface area (Å²) in [6, 6.07) is 0. The lowest BCUT2D eigenvalue weighted by Crippen LogP contribution is -2.47. The van der Waals surface area contributed by atoms with Gasteiger partial charge in [-0.1, -0.05) is 6.92 Å². The minimum absolute atomic E-state index is 0.497. The van der Waals surface area contributed by atoms with Gasteiger partial charge in [-0.3, -0.25) is 30.3 Å². The Morgan fingerprint density at radius 1 is 1.18 bits per heavy atom. The molecule has 9 heteroatoms. The quantitative estimate of drug-likeness (QED) is 0.536. The highest BCUT2D eigenvalue weighted by molar-refractivity contribution is 5.28. The Morgan fingerprint density at radius 3 is 2.06 bits per heavy atom. The van der Waals surface area contributed by atoms with Gasteiger partial charge in [0.05, 0.1) is 21.8 Å². The molecule has 0 aromatic rings. The van der Waals surface area contributed by atoms with E-state index in [9.17, 15) is 30.3 Å². The van der Waals surface area contributed by atoms with Crippen LogP contribution in [-0.2, 0) is 0 Å². The van der Waals surface area contributed by atoms with Gasteiger partial charge < -0.3 is 0 Å². The van der Waals surface area contributed by atoms with Crippen LogP contribution < -0.4 is 0 Å². The molecule has 0 fully saturated rings. The first-order valence-corrected chi connectivity index (χ1v) is 4.58. The summed E-state index contributed by atoms with van der Waals surface area (Å²) in [5.74, 6) is -0.941. The van der Waals surface area contributed by atoms with Crippen LogP contribution in [0.25, 0.3) is 0 Å². The molecule has 0 aromatic carbocycles. The van der Waals surface area contributed by atoms with E-state index >= 15 is 0 Å². The molecular weight excluding hydrogens is 234 g/mol. The van der Waals surface area contributed by atoms with Crippen LogP contribution in [0.2, 0.25) is 0 Å². The van der Waals surface area contributed by atoms with Crippen LogP contribution in [0.4, 0.5) is 0 Å². The van der Waals surface area contributed by atoms with Crippen LogP contribution in [0.1, 0.15) is 13.8 Å². The van der Waals surface area contributed by atoms with Crippen molar-refractivity contribution in [3.63, 3.8) is 0 Å². The number of rotatable bonds is 3. The molecule has 2 unspecified atom stereocenters. The van der Waals surface area contributed by atoms with Crippen molar-refractivity contribution in [3.05, 3.63) is 53.9 Å². The minimum atomic E-state index is -1.96. The summed E-state index contributed by atoms with van der Waals surface area (Å²) < 4.78 is 0. The van der Waals surface area contributed by atoms with Crippen molar-refractivity contribution in [3.8, 4) is 0 Å². The maximum Gasteiger partial charge on any atom is 0.329 e. The molecule has 0 amide bonds. The third-order valence-corrected chi connectivity index (χ3v) is 2.90. The van der Waals surface area contributed by atoms with Crippen LogP contribution in [0.5, 0.6) is 0 Å². The van der Waals surface area contributed by atoms with Crippen molar-refractivity contribution in [1.82, 2.24) is 0 Å². The van der Waals surface area contributed by atoms with Gasteiger partial charge in [-0.2, -0.15) is 0 Å². The van der Waals surface area contributed by atoms with Crippen LogP contribution in [0.15, 0.2) is 23.5 Å². The van der Waals surface area contributed by atoms with Crippen molar-refractivity contribution in [2.75, 3.05) is 0 Å². The second kappa shape index (κ2) is 3.92. The average Bonchev–Trinajstić information content (AvgIpc) is 2.20. The predicted octanol–water partition coefficient (Wildman–Crippen LogP) is 0.993. The fraction of sp³-hybridized carbons (Fsp3) is 0.500. The molecule has 0 heterocycles. The van der Waals surface area contributed by atoms with Gasteiger partial charge in [0.15, 0.2) is 0 Å². The van der Waals surface area contributed by atoms with E-state index in [0.717, 1.165) is 13.0 Å². The van der Waals surface area contributed by atoms with Gasteiger partial charge in [0, 0.05) is 17.9 Å². The van der Waals surface area contributed by atoms with Crippen molar-refractivity contribution in [1.29, 1.82) is 0 Å². The summed E-state index contributed by atoms with van der Waals surface area (Å²) in [5.41, 5.74) is -3.23. The lowest BCUT2D eigenvalue weighted by atomic mass is 9.80. The Morgan fingerprint density at radius 2 is 1.71 bits per heavy atom. The van der Waals surface area contributed by atoms with Gasteiger partial charge in [-0.05, 0) is 0 Å². The third-order valence-electron chi connectivity index (χ3n) is 2.90.